The number of sulfonamides is 1. The Morgan fingerprint density at radius 1 is 1.19 bits per heavy atom. The van der Waals surface area contributed by atoms with Gasteiger partial charge >= 0.3 is 0 Å². The topological polar surface area (TPSA) is 72.2 Å². The van der Waals surface area contributed by atoms with Crippen LogP contribution in [0.1, 0.15) is 18.5 Å². The highest BCUT2D eigenvalue weighted by Gasteiger charge is 2.16. The highest BCUT2D eigenvalue weighted by Crippen LogP contribution is 2.31. The Morgan fingerprint density at radius 3 is 2.38 bits per heavy atom. The summed E-state index contributed by atoms with van der Waals surface area (Å²) in [7, 11) is -3.67. The lowest BCUT2D eigenvalue weighted by Crippen LogP contribution is -2.14. The minimum Gasteiger partial charge on any atom is -0.324 e. The molecule has 2 aromatic rings. The predicted octanol–water partition coefficient (Wildman–Crippen LogP) is 3.92. The monoisotopic (exact) mass is 388 g/mol. The fraction of sp³-hybridized carbons (Fsp3) is 0.143. The number of halogens is 2. The van der Waals surface area contributed by atoms with Crippen LogP contribution in [0.3, 0.4) is 0 Å². The van der Waals surface area contributed by atoms with Crippen molar-refractivity contribution in [2.75, 3.05) is 4.72 Å². The van der Waals surface area contributed by atoms with Gasteiger partial charge in [0.1, 0.15) is 0 Å². The summed E-state index contributed by atoms with van der Waals surface area (Å²) in [6, 6.07) is 11.3. The zero-order chi connectivity index (χ0) is 15.6. The first-order valence-corrected chi connectivity index (χ1v) is 8.79. The summed E-state index contributed by atoms with van der Waals surface area (Å²) in [5.74, 6) is 0. The predicted molar refractivity (Wildman–Crippen MR) is 89.0 cm³/mol. The molecule has 0 spiro atoms. The molecule has 0 aliphatic rings. The highest BCUT2D eigenvalue weighted by atomic mass is 79.9. The largest absolute Gasteiger partial charge is 0.324 e. The van der Waals surface area contributed by atoms with Crippen LogP contribution in [-0.2, 0) is 10.0 Å². The molecule has 21 heavy (non-hydrogen) atoms. The number of rotatable bonds is 4. The summed E-state index contributed by atoms with van der Waals surface area (Å²) in [6.07, 6.45) is 0. The van der Waals surface area contributed by atoms with E-state index in [0.29, 0.717) is 15.2 Å². The van der Waals surface area contributed by atoms with E-state index in [-0.39, 0.29) is 10.9 Å². The molecule has 0 fully saturated rings. The van der Waals surface area contributed by atoms with Crippen LogP contribution in [-0.4, -0.2) is 8.42 Å². The Morgan fingerprint density at radius 2 is 1.81 bits per heavy atom. The first-order chi connectivity index (χ1) is 9.81. The van der Waals surface area contributed by atoms with Crippen LogP contribution >= 0.6 is 27.5 Å². The van der Waals surface area contributed by atoms with E-state index in [4.69, 9.17) is 17.3 Å². The molecule has 1 atom stereocenters. The van der Waals surface area contributed by atoms with Crippen molar-refractivity contribution in [3.63, 3.8) is 0 Å². The SMILES string of the molecule is CC(N)c1ccc(S(=O)(=O)Nc2cccc(Cl)c2Br)cc1. The average molecular weight is 390 g/mol. The third-order valence-electron chi connectivity index (χ3n) is 2.91. The van der Waals surface area contributed by atoms with Crippen molar-refractivity contribution < 1.29 is 8.42 Å². The van der Waals surface area contributed by atoms with Crippen LogP contribution in [0.5, 0.6) is 0 Å². The molecule has 2 aromatic carbocycles. The molecule has 7 heteroatoms. The van der Waals surface area contributed by atoms with Gasteiger partial charge in [-0.25, -0.2) is 8.42 Å². The van der Waals surface area contributed by atoms with Gasteiger partial charge < -0.3 is 5.73 Å². The Labute approximate surface area is 137 Å². The lowest BCUT2D eigenvalue weighted by molar-refractivity contribution is 0.601. The van der Waals surface area contributed by atoms with Crippen LogP contribution in [0.25, 0.3) is 0 Å². The van der Waals surface area contributed by atoms with Gasteiger partial charge in [0.25, 0.3) is 10.0 Å². The summed E-state index contributed by atoms with van der Waals surface area (Å²) in [6.45, 7) is 1.84. The van der Waals surface area contributed by atoms with Gasteiger partial charge in [-0.05, 0) is 52.7 Å². The van der Waals surface area contributed by atoms with Gasteiger partial charge in [-0.1, -0.05) is 29.8 Å². The number of benzene rings is 2. The molecule has 4 nitrogen and oxygen atoms in total. The van der Waals surface area contributed by atoms with E-state index < -0.39 is 10.0 Å². The maximum atomic E-state index is 12.3. The summed E-state index contributed by atoms with van der Waals surface area (Å²) < 4.78 is 27.7. The lowest BCUT2D eigenvalue weighted by atomic mass is 10.1. The second-order valence-electron chi connectivity index (χ2n) is 4.56. The number of nitrogens with one attached hydrogen (secondary N) is 1. The van der Waals surface area contributed by atoms with Crippen molar-refractivity contribution >= 4 is 43.2 Å². The van der Waals surface area contributed by atoms with E-state index in [2.05, 4.69) is 20.7 Å². The quantitative estimate of drug-likeness (QED) is 0.832. The lowest BCUT2D eigenvalue weighted by Gasteiger charge is -2.11. The van der Waals surface area contributed by atoms with Gasteiger partial charge in [0.2, 0.25) is 0 Å². The number of nitrogens with two attached hydrogens (primary N) is 1. The summed E-state index contributed by atoms with van der Waals surface area (Å²) >= 11 is 9.21. The van der Waals surface area contributed by atoms with Crippen LogP contribution in [0.15, 0.2) is 51.8 Å². The third-order valence-corrected chi connectivity index (χ3v) is 5.69. The van der Waals surface area contributed by atoms with E-state index in [9.17, 15) is 8.42 Å². The maximum absolute atomic E-state index is 12.3. The number of hydrogen-bond donors (Lipinski definition) is 2. The molecule has 0 amide bonds. The van der Waals surface area contributed by atoms with Gasteiger partial charge in [-0.3, -0.25) is 4.72 Å². The van der Waals surface area contributed by atoms with E-state index in [1.165, 1.54) is 12.1 Å². The molecule has 112 valence electrons. The van der Waals surface area contributed by atoms with Crippen LogP contribution < -0.4 is 10.5 Å². The molecular weight excluding hydrogens is 376 g/mol. The molecule has 3 N–H and O–H groups in total. The van der Waals surface area contributed by atoms with Crippen molar-refractivity contribution in [3.8, 4) is 0 Å². The average Bonchev–Trinajstić information content (AvgIpc) is 2.44. The van der Waals surface area contributed by atoms with Crippen LogP contribution in [0.4, 0.5) is 5.69 Å². The van der Waals surface area contributed by atoms with Gasteiger partial charge in [0, 0.05) is 6.04 Å². The molecule has 2 rings (SSSR count). The standard InChI is InChI=1S/C14H14BrClN2O2S/c1-9(17)10-5-7-11(8-6-10)21(19,20)18-13-4-2-3-12(16)14(13)15/h2-9,18H,17H2,1H3. The van der Waals surface area contributed by atoms with Crippen molar-refractivity contribution in [2.24, 2.45) is 5.73 Å². The second kappa shape index (κ2) is 6.36. The molecule has 0 saturated heterocycles. The molecule has 0 radical (unpaired) electrons. The first kappa shape index (κ1) is 16.3. The molecule has 0 saturated carbocycles. The van der Waals surface area contributed by atoms with Crippen molar-refractivity contribution in [1.82, 2.24) is 0 Å². The molecule has 0 aromatic heterocycles. The molecule has 0 bridgehead atoms. The molecular formula is C14H14BrClN2O2S. The maximum Gasteiger partial charge on any atom is 0.261 e. The summed E-state index contributed by atoms with van der Waals surface area (Å²) in [4.78, 5) is 0.166. The van der Waals surface area contributed by atoms with Gasteiger partial charge in [0.15, 0.2) is 0 Å². The molecule has 0 aliphatic carbocycles. The second-order valence-corrected chi connectivity index (χ2v) is 7.45. The minimum absolute atomic E-state index is 0.142. The third kappa shape index (κ3) is 3.77. The molecule has 0 heterocycles. The van der Waals surface area contributed by atoms with E-state index in [1.807, 2.05) is 6.92 Å². The van der Waals surface area contributed by atoms with Gasteiger partial charge in [-0.2, -0.15) is 0 Å². The Bertz CT molecular complexity index is 746. The Kier molecular flexibility index (Phi) is 4.93. The molecule has 1 unspecified atom stereocenters. The van der Waals surface area contributed by atoms with Crippen molar-refractivity contribution in [2.45, 2.75) is 17.9 Å². The Hall–Kier alpha value is -1.08. The number of anilines is 1. The van der Waals surface area contributed by atoms with Crippen LogP contribution in [0.2, 0.25) is 5.02 Å². The highest BCUT2D eigenvalue weighted by molar-refractivity contribution is 9.10. The van der Waals surface area contributed by atoms with Crippen molar-refractivity contribution in [1.29, 1.82) is 0 Å². The van der Waals surface area contributed by atoms with Gasteiger partial charge in [-0.15, -0.1) is 0 Å². The van der Waals surface area contributed by atoms with Gasteiger partial charge in [0.05, 0.1) is 20.1 Å². The van der Waals surface area contributed by atoms with E-state index in [0.717, 1.165) is 5.56 Å². The smallest absolute Gasteiger partial charge is 0.261 e. The molecule has 0 aliphatic heterocycles. The fourth-order valence-electron chi connectivity index (χ4n) is 1.74. The normalized spacial score (nSPS) is 13.0. The fourth-order valence-corrected chi connectivity index (χ4v) is 3.48. The minimum atomic E-state index is -3.67. The van der Waals surface area contributed by atoms with Crippen molar-refractivity contribution in [3.05, 3.63) is 57.5 Å². The zero-order valence-corrected chi connectivity index (χ0v) is 14.3. The van der Waals surface area contributed by atoms with Crippen LogP contribution in [0, 0.1) is 0 Å². The first-order valence-electron chi connectivity index (χ1n) is 6.13. The summed E-state index contributed by atoms with van der Waals surface area (Å²) in [5.41, 5.74) is 7.01. The van der Waals surface area contributed by atoms with E-state index >= 15 is 0 Å². The number of hydrogen-bond acceptors (Lipinski definition) is 3. The summed E-state index contributed by atoms with van der Waals surface area (Å²) in [5, 5.41) is 0.433. The van der Waals surface area contributed by atoms with E-state index in [1.54, 1.807) is 30.3 Å². The Balaban J connectivity index is 2.32. The zero-order valence-electron chi connectivity index (χ0n) is 11.2.